The van der Waals surface area contributed by atoms with Crippen LogP contribution in [0.25, 0.3) is 0 Å². The minimum absolute atomic E-state index is 0.161. The Labute approximate surface area is 94.7 Å². The van der Waals surface area contributed by atoms with Crippen molar-refractivity contribution in [2.24, 2.45) is 5.73 Å². The molecule has 4 N–H and O–H groups in total. The Morgan fingerprint density at radius 1 is 1.38 bits per heavy atom. The standard InChI is InChI=1S/C10H17N5O/c1-6-8(10(12)16)9(11)14-7(13-6)4-5-15(2)3/h4-5H2,1-3H3,(H2,12,16)(H2,11,13,14). The lowest BCUT2D eigenvalue weighted by Crippen LogP contribution is -2.20. The van der Waals surface area contributed by atoms with Crippen LogP contribution < -0.4 is 11.5 Å². The molecule has 88 valence electrons. The zero-order chi connectivity index (χ0) is 12.3. The van der Waals surface area contributed by atoms with Crippen molar-refractivity contribution >= 4 is 11.7 Å². The largest absolute Gasteiger partial charge is 0.383 e. The Morgan fingerprint density at radius 2 is 2.00 bits per heavy atom. The Bertz CT molecular complexity index is 379. The molecule has 0 atom stereocenters. The highest BCUT2D eigenvalue weighted by Crippen LogP contribution is 2.12. The van der Waals surface area contributed by atoms with Gasteiger partial charge in [0.2, 0.25) is 0 Å². The molecule has 0 bridgehead atoms. The fraction of sp³-hybridized carbons (Fsp3) is 0.500. The Morgan fingerprint density at radius 3 is 2.44 bits per heavy atom. The number of primary amides is 1. The number of hydrogen-bond acceptors (Lipinski definition) is 5. The van der Waals surface area contributed by atoms with Crippen LogP contribution in [-0.4, -0.2) is 41.4 Å². The monoisotopic (exact) mass is 223 g/mol. The zero-order valence-corrected chi connectivity index (χ0v) is 9.82. The quantitative estimate of drug-likeness (QED) is 0.721. The van der Waals surface area contributed by atoms with Crippen molar-refractivity contribution < 1.29 is 4.79 Å². The fourth-order valence-electron chi connectivity index (χ4n) is 1.39. The summed E-state index contributed by atoms with van der Waals surface area (Å²) in [5.74, 6) is 0.205. The van der Waals surface area contributed by atoms with Crippen LogP contribution in [0.4, 0.5) is 5.82 Å². The van der Waals surface area contributed by atoms with Gasteiger partial charge < -0.3 is 16.4 Å². The molecule has 0 aliphatic heterocycles. The lowest BCUT2D eigenvalue weighted by Gasteiger charge is -2.10. The Balaban J connectivity index is 2.96. The normalized spacial score (nSPS) is 10.8. The topological polar surface area (TPSA) is 98.1 Å². The number of rotatable bonds is 4. The molecule has 0 unspecified atom stereocenters. The molecule has 0 saturated heterocycles. The molecule has 6 heteroatoms. The van der Waals surface area contributed by atoms with Gasteiger partial charge in [-0.1, -0.05) is 0 Å². The van der Waals surface area contributed by atoms with Gasteiger partial charge in [0, 0.05) is 13.0 Å². The molecule has 1 aromatic rings. The maximum atomic E-state index is 11.1. The molecular formula is C10H17N5O. The number of nitrogens with zero attached hydrogens (tertiary/aromatic N) is 3. The minimum atomic E-state index is -0.589. The first kappa shape index (κ1) is 12.4. The van der Waals surface area contributed by atoms with Crippen molar-refractivity contribution in [1.82, 2.24) is 14.9 Å². The number of likely N-dealkylation sites (N-methyl/N-ethyl adjacent to an activating group) is 1. The van der Waals surface area contributed by atoms with Gasteiger partial charge in [0.25, 0.3) is 5.91 Å². The van der Waals surface area contributed by atoms with Crippen LogP contribution in [0.2, 0.25) is 0 Å². The number of nitrogens with two attached hydrogens (primary N) is 2. The lowest BCUT2D eigenvalue weighted by molar-refractivity contribution is 0.1000. The van der Waals surface area contributed by atoms with Crippen LogP contribution in [0.5, 0.6) is 0 Å². The number of amides is 1. The van der Waals surface area contributed by atoms with Gasteiger partial charge in [0.1, 0.15) is 17.2 Å². The molecule has 1 rings (SSSR count). The van der Waals surface area contributed by atoms with E-state index in [1.807, 2.05) is 19.0 Å². The highest BCUT2D eigenvalue weighted by Gasteiger charge is 2.13. The highest BCUT2D eigenvalue weighted by molar-refractivity contribution is 5.98. The van der Waals surface area contributed by atoms with Gasteiger partial charge in [0.15, 0.2) is 0 Å². The molecule has 1 heterocycles. The minimum Gasteiger partial charge on any atom is -0.383 e. The summed E-state index contributed by atoms with van der Waals surface area (Å²) >= 11 is 0. The number of anilines is 1. The number of nitrogen functional groups attached to an aromatic ring is 1. The summed E-state index contributed by atoms with van der Waals surface area (Å²) in [6, 6.07) is 0. The molecular weight excluding hydrogens is 206 g/mol. The summed E-state index contributed by atoms with van der Waals surface area (Å²) in [4.78, 5) is 21.4. The van der Waals surface area contributed by atoms with Gasteiger partial charge in [-0.2, -0.15) is 0 Å². The van der Waals surface area contributed by atoms with E-state index in [-0.39, 0.29) is 11.4 Å². The smallest absolute Gasteiger partial charge is 0.254 e. The number of hydrogen-bond donors (Lipinski definition) is 2. The predicted molar refractivity (Wildman–Crippen MR) is 62.0 cm³/mol. The van der Waals surface area contributed by atoms with Crippen molar-refractivity contribution in [3.8, 4) is 0 Å². The van der Waals surface area contributed by atoms with Gasteiger partial charge in [-0.25, -0.2) is 9.97 Å². The molecule has 0 aliphatic carbocycles. The van der Waals surface area contributed by atoms with Crippen LogP contribution in [0.15, 0.2) is 0 Å². The van der Waals surface area contributed by atoms with Crippen LogP contribution in [-0.2, 0) is 6.42 Å². The third-order valence-electron chi connectivity index (χ3n) is 2.19. The van der Waals surface area contributed by atoms with E-state index in [1.54, 1.807) is 6.92 Å². The fourth-order valence-corrected chi connectivity index (χ4v) is 1.39. The van der Waals surface area contributed by atoms with Gasteiger partial charge in [-0.3, -0.25) is 4.79 Å². The van der Waals surface area contributed by atoms with E-state index in [4.69, 9.17) is 11.5 Å². The van der Waals surface area contributed by atoms with E-state index in [1.165, 1.54) is 0 Å². The van der Waals surface area contributed by atoms with Crippen LogP contribution in [0.3, 0.4) is 0 Å². The molecule has 0 aromatic carbocycles. The first-order valence-electron chi connectivity index (χ1n) is 4.99. The molecule has 6 nitrogen and oxygen atoms in total. The molecule has 0 radical (unpaired) electrons. The van der Waals surface area contributed by atoms with E-state index in [9.17, 15) is 4.79 Å². The number of carbonyl (C=O) groups is 1. The summed E-state index contributed by atoms with van der Waals surface area (Å²) in [7, 11) is 3.93. The molecule has 0 saturated carbocycles. The van der Waals surface area contributed by atoms with E-state index in [0.717, 1.165) is 6.54 Å². The summed E-state index contributed by atoms with van der Waals surface area (Å²) in [6.07, 6.45) is 0.692. The van der Waals surface area contributed by atoms with Gasteiger partial charge in [-0.15, -0.1) is 0 Å². The average molecular weight is 223 g/mol. The molecule has 16 heavy (non-hydrogen) atoms. The lowest BCUT2D eigenvalue weighted by atomic mass is 10.2. The first-order chi connectivity index (χ1) is 7.41. The third-order valence-corrected chi connectivity index (χ3v) is 2.19. The van der Waals surface area contributed by atoms with Crippen LogP contribution >= 0.6 is 0 Å². The number of aryl methyl sites for hydroxylation is 1. The summed E-state index contributed by atoms with van der Waals surface area (Å²) in [5.41, 5.74) is 11.6. The third kappa shape index (κ3) is 2.90. The highest BCUT2D eigenvalue weighted by atomic mass is 16.1. The van der Waals surface area contributed by atoms with Crippen molar-refractivity contribution in [2.45, 2.75) is 13.3 Å². The van der Waals surface area contributed by atoms with Crippen molar-refractivity contribution in [1.29, 1.82) is 0 Å². The number of carbonyl (C=O) groups excluding carboxylic acids is 1. The maximum absolute atomic E-state index is 11.1. The second-order valence-corrected chi connectivity index (χ2v) is 3.90. The molecule has 0 fully saturated rings. The van der Waals surface area contributed by atoms with Crippen LogP contribution in [0.1, 0.15) is 21.9 Å². The maximum Gasteiger partial charge on any atom is 0.254 e. The molecule has 1 aromatic heterocycles. The van der Waals surface area contributed by atoms with E-state index >= 15 is 0 Å². The van der Waals surface area contributed by atoms with Crippen molar-refractivity contribution in [2.75, 3.05) is 26.4 Å². The Hall–Kier alpha value is -1.69. The van der Waals surface area contributed by atoms with E-state index < -0.39 is 5.91 Å². The SMILES string of the molecule is Cc1nc(CCN(C)C)nc(N)c1C(N)=O. The average Bonchev–Trinajstić information content (AvgIpc) is 2.12. The number of aromatic nitrogens is 2. The first-order valence-corrected chi connectivity index (χ1v) is 4.99. The molecule has 0 spiro atoms. The van der Waals surface area contributed by atoms with Crippen LogP contribution in [0, 0.1) is 6.92 Å². The summed E-state index contributed by atoms with van der Waals surface area (Å²) in [6.45, 7) is 2.53. The second kappa shape index (κ2) is 4.89. The summed E-state index contributed by atoms with van der Waals surface area (Å²) in [5, 5.41) is 0. The van der Waals surface area contributed by atoms with E-state index in [0.29, 0.717) is 17.9 Å². The predicted octanol–water partition coefficient (Wildman–Crippen LogP) is -0.430. The van der Waals surface area contributed by atoms with Gasteiger partial charge >= 0.3 is 0 Å². The molecule has 0 aliphatic rings. The van der Waals surface area contributed by atoms with Gasteiger partial charge in [-0.05, 0) is 21.0 Å². The van der Waals surface area contributed by atoms with E-state index in [2.05, 4.69) is 9.97 Å². The zero-order valence-electron chi connectivity index (χ0n) is 9.82. The van der Waals surface area contributed by atoms with Crippen molar-refractivity contribution in [3.05, 3.63) is 17.1 Å². The van der Waals surface area contributed by atoms with Gasteiger partial charge in [0.05, 0.1) is 5.69 Å². The van der Waals surface area contributed by atoms with Crippen molar-refractivity contribution in [3.63, 3.8) is 0 Å². The summed E-state index contributed by atoms with van der Waals surface area (Å²) < 4.78 is 0. The Kier molecular flexibility index (Phi) is 3.78. The second-order valence-electron chi connectivity index (χ2n) is 3.90. The molecule has 1 amide bonds.